The number of nitrogens with zero attached hydrogens (tertiary/aromatic N) is 1. The molecule has 0 saturated heterocycles. The lowest BCUT2D eigenvalue weighted by atomic mass is 10.3. The van der Waals surface area contributed by atoms with Crippen LogP contribution in [0.5, 0.6) is 0 Å². The first-order valence-corrected chi connectivity index (χ1v) is 6.48. The Labute approximate surface area is 105 Å². The maximum absolute atomic E-state index is 11.0. The van der Waals surface area contributed by atoms with E-state index in [1.54, 1.807) is 18.3 Å². The number of esters is 1. The van der Waals surface area contributed by atoms with E-state index in [4.69, 9.17) is 10.00 Å². The van der Waals surface area contributed by atoms with E-state index in [-0.39, 0.29) is 5.97 Å². The molecule has 0 bridgehead atoms. The summed E-state index contributed by atoms with van der Waals surface area (Å²) in [5.74, 6) is -0.141. The minimum Gasteiger partial charge on any atom is -0.466 e. The second-order valence-corrected chi connectivity index (χ2v) is 4.49. The summed E-state index contributed by atoms with van der Waals surface area (Å²) < 4.78 is 4.82. The average Bonchev–Trinajstić information content (AvgIpc) is 2.77. The number of hydrogen-bond donors (Lipinski definition) is 1. The van der Waals surface area contributed by atoms with Crippen molar-refractivity contribution < 1.29 is 9.53 Å². The van der Waals surface area contributed by atoms with Crippen LogP contribution < -0.4 is 5.32 Å². The summed E-state index contributed by atoms with van der Waals surface area (Å²) in [5.41, 5.74) is 0.707. The Bertz CT molecular complexity index is 395. The van der Waals surface area contributed by atoms with Crippen molar-refractivity contribution in [3.8, 4) is 6.07 Å². The van der Waals surface area contributed by atoms with E-state index in [1.807, 2.05) is 11.4 Å². The first-order chi connectivity index (χ1) is 8.26. The van der Waals surface area contributed by atoms with Crippen LogP contribution >= 0.6 is 11.3 Å². The summed E-state index contributed by atoms with van der Waals surface area (Å²) in [6.45, 7) is 3.77. The van der Waals surface area contributed by atoms with E-state index >= 15 is 0 Å². The van der Waals surface area contributed by atoms with E-state index < -0.39 is 0 Å². The van der Waals surface area contributed by atoms with Gasteiger partial charge in [0.1, 0.15) is 6.07 Å². The summed E-state index contributed by atoms with van der Waals surface area (Å²) >= 11 is 1.57. The Hall–Kier alpha value is -1.38. The van der Waals surface area contributed by atoms with E-state index in [1.165, 1.54) is 0 Å². The molecule has 1 N–H and O–H groups in total. The molecule has 0 aromatic carbocycles. The molecule has 0 radical (unpaired) electrons. The minimum atomic E-state index is -0.141. The van der Waals surface area contributed by atoms with Gasteiger partial charge in [-0.2, -0.15) is 5.26 Å². The molecule has 5 heteroatoms. The van der Waals surface area contributed by atoms with Gasteiger partial charge in [-0.3, -0.25) is 4.79 Å². The molecule has 0 unspecified atom stereocenters. The normalized spacial score (nSPS) is 9.88. The maximum atomic E-state index is 11.0. The Balaban J connectivity index is 2.08. The third-order valence-electron chi connectivity index (χ3n) is 2.12. The number of carbonyl (C=O) groups is 1. The lowest BCUT2D eigenvalue weighted by Crippen LogP contribution is -2.15. The highest BCUT2D eigenvalue weighted by molar-refractivity contribution is 7.10. The molecule has 0 aliphatic carbocycles. The van der Waals surface area contributed by atoms with E-state index in [9.17, 15) is 4.79 Å². The quantitative estimate of drug-likeness (QED) is 0.596. The first-order valence-electron chi connectivity index (χ1n) is 5.60. The van der Waals surface area contributed by atoms with Crippen LogP contribution in [0.3, 0.4) is 0 Å². The lowest BCUT2D eigenvalue weighted by Gasteiger charge is -2.03. The van der Waals surface area contributed by atoms with Crippen LogP contribution in [0.2, 0.25) is 0 Å². The van der Waals surface area contributed by atoms with Crippen molar-refractivity contribution in [2.75, 3.05) is 13.2 Å². The molecule has 0 aliphatic rings. The van der Waals surface area contributed by atoms with Gasteiger partial charge in [-0.05, 0) is 26.0 Å². The van der Waals surface area contributed by atoms with Gasteiger partial charge in [0.25, 0.3) is 0 Å². The summed E-state index contributed by atoms with van der Waals surface area (Å²) in [5, 5.41) is 13.7. The molecule has 0 fully saturated rings. The summed E-state index contributed by atoms with van der Waals surface area (Å²) in [6.07, 6.45) is 1.23. The van der Waals surface area contributed by atoms with Crippen LogP contribution in [0.15, 0.2) is 11.4 Å². The van der Waals surface area contributed by atoms with Crippen molar-refractivity contribution in [2.24, 2.45) is 0 Å². The van der Waals surface area contributed by atoms with Crippen molar-refractivity contribution in [1.82, 2.24) is 5.32 Å². The fraction of sp³-hybridized carbons (Fsp3) is 0.500. The average molecular weight is 252 g/mol. The van der Waals surface area contributed by atoms with Crippen molar-refractivity contribution >= 4 is 17.3 Å². The number of hydrogen-bond acceptors (Lipinski definition) is 5. The summed E-state index contributed by atoms with van der Waals surface area (Å²) in [4.78, 5) is 12.2. The van der Waals surface area contributed by atoms with Crippen molar-refractivity contribution in [1.29, 1.82) is 5.26 Å². The van der Waals surface area contributed by atoms with Crippen LogP contribution in [-0.2, 0) is 16.1 Å². The number of rotatable bonds is 7. The fourth-order valence-corrected chi connectivity index (χ4v) is 2.11. The number of nitrogens with one attached hydrogen (secondary N) is 1. The zero-order chi connectivity index (χ0) is 12.5. The molecule has 0 atom stereocenters. The molecule has 1 heterocycles. The van der Waals surface area contributed by atoms with Gasteiger partial charge in [-0.25, -0.2) is 0 Å². The SMILES string of the molecule is CCOC(=O)CCCNCc1cc(C#N)cs1. The maximum Gasteiger partial charge on any atom is 0.305 e. The molecule has 1 aromatic rings. The van der Waals surface area contributed by atoms with Crippen LogP contribution in [0.4, 0.5) is 0 Å². The zero-order valence-electron chi connectivity index (χ0n) is 9.86. The van der Waals surface area contributed by atoms with Crippen molar-refractivity contribution in [3.63, 3.8) is 0 Å². The second-order valence-electron chi connectivity index (χ2n) is 3.50. The van der Waals surface area contributed by atoms with Gasteiger partial charge in [0.2, 0.25) is 0 Å². The third-order valence-corrected chi connectivity index (χ3v) is 3.06. The van der Waals surface area contributed by atoms with Gasteiger partial charge in [0.05, 0.1) is 12.2 Å². The summed E-state index contributed by atoms with van der Waals surface area (Å²) in [6, 6.07) is 3.98. The highest BCUT2D eigenvalue weighted by Gasteiger charge is 2.01. The topological polar surface area (TPSA) is 62.1 Å². The molecule has 0 spiro atoms. The van der Waals surface area contributed by atoms with Gasteiger partial charge < -0.3 is 10.1 Å². The van der Waals surface area contributed by atoms with E-state index in [0.29, 0.717) is 18.6 Å². The predicted molar refractivity (Wildman–Crippen MR) is 66.6 cm³/mol. The molecule has 1 aromatic heterocycles. The van der Waals surface area contributed by atoms with Crippen LogP contribution in [0.25, 0.3) is 0 Å². The Morgan fingerprint density at radius 3 is 3.12 bits per heavy atom. The molecular weight excluding hydrogens is 236 g/mol. The standard InChI is InChI=1S/C12H16N2O2S/c1-2-16-12(15)4-3-5-14-8-11-6-10(7-13)9-17-11/h6,9,14H,2-5,8H2,1H3. The second kappa shape index (κ2) is 7.82. The Morgan fingerprint density at radius 2 is 2.47 bits per heavy atom. The van der Waals surface area contributed by atoms with E-state index in [2.05, 4.69) is 11.4 Å². The largest absolute Gasteiger partial charge is 0.466 e. The number of carbonyl (C=O) groups excluding carboxylic acids is 1. The Morgan fingerprint density at radius 1 is 1.65 bits per heavy atom. The number of thiophene rings is 1. The Kier molecular flexibility index (Phi) is 6.30. The molecule has 0 saturated carbocycles. The molecule has 17 heavy (non-hydrogen) atoms. The molecule has 0 aliphatic heterocycles. The fourth-order valence-electron chi connectivity index (χ4n) is 1.33. The number of nitriles is 1. The van der Waals surface area contributed by atoms with Crippen LogP contribution in [0, 0.1) is 11.3 Å². The third kappa shape index (κ3) is 5.48. The monoisotopic (exact) mass is 252 g/mol. The highest BCUT2D eigenvalue weighted by Crippen LogP contribution is 2.13. The number of ether oxygens (including phenoxy) is 1. The smallest absolute Gasteiger partial charge is 0.305 e. The molecule has 92 valence electrons. The molecular formula is C12H16N2O2S. The van der Waals surface area contributed by atoms with Crippen LogP contribution in [0.1, 0.15) is 30.2 Å². The zero-order valence-corrected chi connectivity index (χ0v) is 10.7. The minimum absolute atomic E-state index is 0.141. The summed E-state index contributed by atoms with van der Waals surface area (Å²) in [7, 11) is 0. The molecule has 1 rings (SSSR count). The predicted octanol–water partition coefficient (Wildman–Crippen LogP) is 2.05. The van der Waals surface area contributed by atoms with Gasteiger partial charge in [-0.1, -0.05) is 0 Å². The van der Waals surface area contributed by atoms with Crippen LogP contribution in [-0.4, -0.2) is 19.1 Å². The van der Waals surface area contributed by atoms with E-state index in [0.717, 1.165) is 24.4 Å². The van der Waals surface area contributed by atoms with Gasteiger partial charge in [-0.15, -0.1) is 11.3 Å². The van der Waals surface area contributed by atoms with Gasteiger partial charge in [0, 0.05) is 23.2 Å². The van der Waals surface area contributed by atoms with Gasteiger partial charge >= 0.3 is 5.97 Å². The highest BCUT2D eigenvalue weighted by atomic mass is 32.1. The molecule has 0 amide bonds. The first kappa shape index (κ1) is 13.7. The van der Waals surface area contributed by atoms with Crippen molar-refractivity contribution in [3.05, 3.63) is 21.9 Å². The molecule has 4 nitrogen and oxygen atoms in total. The van der Waals surface area contributed by atoms with Gasteiger partial charge in [0.15, 0.2) is 0 Å². The van der Waals surface area contributed by atoms with Crippen molar-refractivity contribution in [2.45, 2.75) is 26.3 Å². The lowest BCUT2D eigenvalue weighted by molar-refractivity contribution is -0.143.